The largest absolute Gasteiger partial charge is 0.253 e. The molecule has 0 aliphatic heterocycles. The monoisotopic (exact) mass is 320 g/mol. The van der Waals surface area contributed by atoms with Gasteiger partial charge in [0.25, 0.3) is 10.0 Å². The Labute approximate surface area is 133 Å². The van der Waals surface area contributed by atoms with Crippen LogP contribution < -0.4 is 0 Å². The van der Waals surface area contributed by atoms with Crippen LogP contribution in [0, 0.1) is 0 Å². The van der Waals surface area contributed by atoms with Gasteiger partial charge in [-0.2, -0.15) is 9.19 Å². The van der Waals surface area contributed by atoms with E-state index >= 15 is 0 Å². The van der Waals surface area contributed by atoms with Crippen molar-refractivity contribution in [2.45, 2.75) is 45.4 Å². The summed E-state index contributed by atoms with van der Waals surface area (Å²) < 4.78 is 25.6. The maximum atomic E-state index is 12.3. The van der Waals surface area contributed by atoms with Crippen LogP contribution >= 0.6 is 0 Å². The molecule has 0 aliphatic carbocycles. The minimum absolute atomic E-state index is 0.162. The van der Waals surface area contributed by atoms with E-state index in [-0.39, 0.29) is 5.75 Å². The van der Waals surface area contributed by atoms with E-state index in [9.17, 15) is 8.42 Å². The fourth-order valence-corrected chi connectivity index (χ4v) is 3.60. The maximum absolute atomic E-state index is 12.3. The molecular weight excluding hydrogens is 296 g/mol. The molecule has 4 nitrogen and oxygen atoms in total. The van der Waals surface area contributed by atoms with E-state index < -0.39 is 10.0 Å². The Morgan fingerprint density at radius 1 is 0.955 bits per heavy atom. The average molecular weight is 320 g/mol. The smallest absolute Gasteiger partial charge is 0.205 e. The summed E-state index contributed by atoms with van der Waals surface area (Å²) >= 11 is 0. The Morgan fingerprint density at radius 2 is 1.64 bits per heavy atom. The lowest BCUT2D eigenvalue weighted by Crippen LogP contribution is -2.17. The van der Waals surface area contributed by atoms with Crippen molar-refractivity contribution in [3.63, 3.8) is 0 Å². The van der Waals surface area contributed by atoms with Gasteiger partial charge in [0.2, 0.25) is 0 Å². The van der Waals surface area contributed by atoms with Crippen LogP contribution in [0.5, 0.6) is 0 Å². The molecule has 0 atom stereocenters. The molecule has 0 N–H and O–H groups in total. The molecule has 0 bridgehead atoms. The van der Waals surface area contributed by atoms with Crippen molar-refractivity contribution in [3.05, 3.63) is 42.6 Å². The molecule has 5 heteroatoms. The molecular formula is C17H24N2O2S. The maximum Gasteiger partial charge on any atom is 0.253 e. The van der Waals surface area contributed by atoms with E-state index in [2.05, 4.69) is 12.0 Å². The van der Waals surface area contributed by atoms with Crippen LogP contribution in [0.2, 0.25) is 0 Å². The molecule has 0 saturated heterocycles. The van der Waals surface area contributed by atoms with Gasteiger partial charge in [-0.1, -0.05) is 69.4 Å². The van der Waals surface area contributed by atoms with Crippen molar-refractivity contribution in [2.24, 2.45) is 0 Å². The van der Waals surface area contributed by atoms with Crippen molar-refractivity contribution in [1.29, 1.82) is 0 Å². The van der Waals surface area contributed by atoms with Crippen molar-refractivity contribution in [3.8, 4) is 11.3 Å². The molecule has 1 aromatic heterocycles. The minimum Gasteiger partial charge on any atom is -0.205 e. The molecule has 0 saturated carbocycles. The van der Waals surface area contributed by atoms with Gasteiger partial charge in [-0.3, -0.25) is 0 Å². The van der Waals surface area contributed by atoms with Gasteiger partial charge in [-0.05, 0) is 12.5 Å². The van der Waals surface area contributed by atoms with E-state index in [1.807, 2.05) is 30.3 Å². The zero-order valence-corrected chi connectivity index (χ0v) is 13.9. The van der Waals surface area contributed by atoms with Gasteiger partial charge >= 0.3 is 0 Å². The molecule has 0 spiro atoms. The molecule has 0 unspecified atom stereocenters. The first-order valence-corrected chi connectivity index (χ1v) is 9.59. The third-order valence-corrected chi connectivity index (χ3v) is 5.25. The first-order chi connectivity index (χ1) is 10.6. The lowest BCUT2D eigenvalue weighted by molar-refractivity contribution is 0.570. The number of nitrogens with zero attached hydrogens (tertiary/aromatic N) is 2. The second kappa shape index (κ2) is 8.13. The van der Waals surface area contributed by atoms with Gasteiger partial charge in [0.05, 0.1) is 11.4 Å². The molecule has 2 rings (SSSR count). The van der Waals surface area contributed by atoms with Crippen LogP contribution in [0.4, 0.5) is 0 Å². The average Bonchev–Trinajstić information content (AvgIpc) is 3.02. The van der Waals surface area contributed by atoms with E-state index in [0.717, 1.165) is 22.5 Å². The number of rotatable bonds is 9. The Morgan fingerprint density at radius 3 is 2.36 bits per heavy atom. The first-order valence-electron chi connectivity index (χ1n) is 7.98. The number of hydrogen-bond acceptors (Lipinski definition) is 3. The molecule has 0 radical (unpaired) electrons. The van der Waals surface area contributed by atoms with E-state index in [4.69, 9.17) is 0 Å². The summed E-state index contributed by atoms with van der Waals surface area (Å²) in [6, 6.07) is 11.3. The highest BCUT2D eigenvalue weighted by Gasteiger charge is 2.14. The highest BCUT2D eigenvalue weighted by molar-refractivity contribution is 7.89. The highest BCUT2D eigenvalue weighted by atomic mass is 32.2. The van der Waals surface area contributed by atoms with Crippen molar-refractivity contribution < 1.29 is 8.42 Å². The minimum atomic E-state index is -3.33. The summed E-state index contributed by atoms with van der Waals surface area (Å²) in [5, 5.41) is 4.21. The van der Waals surface area contributed by atoms with E-state index in [0.29, 0.717) is 12.1 Å². The Bertz CT molecular complexity index is 663. The molecule has 22 heavy (non-hydrogen) atoms. The van der Waals surface area contributed by atoms with Crippen molar-refractivity contribution in [1.82, 2.24) is 9.19 Å². The fraction of sp³-hybridized carbons (Fsp3) is 0.471. The summed E-state index contributed by atoms with van der Waals surface area (Å²) in [4.78, 5) is 0. The standard InChI is InChI=1S/C17H24N2O2S/c1-2-3-4-5-6-10-15-22(20,21)19-14-13-17(18-19)16-11-8-7-9-12-16/h7-9,11-14H,2-6,10,15H2,1H3. The number of hydrogen-bond donors (Lipinski definition) is 0. The molecule has 2 aromatic rings. The van der Waals surface area contributed by atoms with E-state index in [1.54, 1.807) is 6.07 Å². The summed E-state index contributed by atoms with van der Waals surface area (Å²) in [6.07, 6.45) is 7.93. The predicted octanol–water partition coefficient (Wildman–Crippen LogP) is 4.09. The van der Waals surface area contributed by atoms with E-state index in [1.165, 1.54) is 25.5 Å². The van der Waals surface area contributed by atoms with Gasteiger partial charge < -0.3 is 0 Å². The number of unbranched alkanes of at least 4 members (excludes halogenated alkanes) is 5. The Balaban J connectivity index is 1.92. The number of benzene rings is 1. The zero-order valence-electron chi connectivity index (χ0n) is 13.1. The van der Waals surface area contributed by atoms with Crippen molar-refractivity contribution in [2.75, 3.05) is 5.75 Å². The quantitative estimate of drug-likeness (QED) is 0.654. The molecule has 0 amide bonds. The van der Waals surface area contributed by atoms with Gasteiger partial charge in [0, 0.05) is 11.8 Å². The normalized spacial score (nSPS) is 11.7. The van der Waals surface area contributed by atoms with Crippen molar-refractivity contribution >= 4 is 10.0 Å². The van der Waals surface area contributed by atoms with Crippen LogP contribution in [0.1, 0.15) is 45.4 Å². The lowest BCUT2D eigenvalue weighted by Gasteiger charge is -2.04. The van der Waals surface area contributed by atoms with Crippen LogP contribution in [0.3, 0.4) is 0 Å². The Hall–Kier alpha value is -1.62. The number of aromatic nitrogens is 2. The van der Waals surface area contributed by atoms with Crippen LogP contribution in [-0.4, -0.2) is 23.4 Å². The van der Waals surface area contributed by atoms with Gasteiger partial charge in [0.15, 0.2) is 0 Å². The lowest BCUT2D eigenvalue weighted by atomic mass is 10.1. The van der Waals surface area contributed by atoms with Crippen LogP contribution in [-0.2, 0) is 10.0 Å². The molecule has 0 fully saturated rings. The van der Waals surface area contributed by atoms with Gasteiger partial charge in [-0.25, -0.2) is 8.42 Å². The molecule has 1 aromatic carbocycles. The summed E-state index contributed by atoms with van der Waals surface area (Å²) in [5.74, 6) is 0.162. The highest BCUT2D eigenvalue weighted by Crippen LogP contribution is 2.17. The Kier molecular flexibility index (Phi) is 6.19. The van der Waals surface area contributed by atoms with Crippen LogP contribution in [0.25, 0.3) is 11.3 Å². The summed E-state index contributed by atoms with van der Waals surface area (Å²) in [6.45, 7) is 2.17. The third-order valence-electron chi connectivity index (χ3n) is 3.68. The van der Waals surface area contributed by atoms with Gasteiger partial charge in [-0.15, -0.1) is 0 Å². The SMILES string of the molecule is CCCCCCCCS(=O)(=O)n1ccc(-c2ccccc2)n1. The summed E-state index contributed by atoms with van der Waals surface area (Å²) in [7, 11) is -3.33. The second-order valence-electron chi connectivity index (χ2n) is 5.52. The zero-order chi connectivity index (χ0) is 15.8. The molecule has 1 heterocycles. The summed E-state index contributed by atoms with van der Waals surface area (Å²) in [5.41, 5.74) is 1.61. The first kappa shape index (κ1) is 16.7. The molecule has 0 aliphatic rings. The molecule has 120 valence electrons. The predicted molar refractivity (Wildman–Crippen MR) is 90.2 cm³/mol. The van der Waals surface area contributed by atoms with Crippen LogP contribution in [0.15, 0.2) is 42.6 Å². The topological polar surface area (TPSA) is 52.0 Å². The van der Waals surface area contributed by atoms with Gasteiger partial charge in [0.1, 0.15) is 0 Å². The fourth-order valence-electron chi connectivity index (χ4n) is 2.38. The second-order valence-corrected chi connectivity index (χ2v) is 7.47. The third kappa shape index (κ3) is 4.70.